The van der Waals surface area contributed by atoms with Crippen LogP contribution in [0.5, 0.6) is 0 Å². The number of hydrogen-bond acceptors (Lipinski definition) is 1. The van der Waals surface area contributed by atoms with Gasteiger partial charge in [-0.2, -0.15) is 0 Å². The van der Waals surface area contributed by atoms with Crippen molar-refractivity contribution in [3.63, 3.8) is 0 Å². The molecule has 0 fully saturated rings. The van der Waals surface area contributed by atoms with E-state index in [9.17, 15) is 4.39 Å². The van der Waals surface area contributed by atoms with Crippen molar-refractivity contribution in [1.29, 1.82) is 0 Å². The first-order chi connectivity index (χ1) is 8.03. The molecule has 0 atom stereocenters. The molecule has 0 aliphatic rings. The Morgan fingerprint density at radius 1 is 1.12 bits per heavy atom. The van der Waals surface area contributed by atoms with Crippen molar-refractivity contribution < 1.29 is 4.39 Å². The molecule has 0 amide bonds. The monoisotopic (exact) mass is 237 g/mol. The molecule has 1 nitrogen and oxygen atoms in total. The van der Waals surface area contributed by atoms with E-state index in [1.54, 1.807) is 12.1 Å². The quantitative estimate of drug-likeness (QED) is 0.712. The van der Waals surface area contributed by atoms with Crippen LogP contribution in [-0.2, 0) is 6.42 Å². The zero-order valence-electron chi connectivity index (χ0n) is 11.2. The van der Waals surface area contributed by atoms with Gasteiger partial charge in [-0.3, -0.25) is 0 Å². The number of benzene rings is 1. The van der Waals surface area contributed by atoms with E-state index in [-0.39, 0.29) is 5.82 Å². The van der Waals surface area contributed by atoms with Crippen LogP contribution in [0.1, 0.15) is 39.2 Å². The van der Waals surface area contributed by atoms with Crippen LogP contribution >= 0.6 is 0 Å². The van der Waals surface area contributed by atoms with E-state index in [4.69, 9.17) is 0 Å². The lowest BCUT2D eigenvalue weighted by molar-refractivity contribution is 0.303. The molecule has 1 rings (SSSR count). The smallest absolute Gasteiger partial charge is 0.123 e. The van der Waals surface area contributed by atoms with Gasteiger partial charge in [0, 0.05) is 0 Å². The summed E-state index contributed by atoms with van der Waals surface area (Å²) in [4.78, 5) is 0. The fraction of sp³-hybridized carbons (Fsp3) is 0.600. The van der Waals surface area contributed by atoms with Gasteiger partial charge >= 0.3 is 0 Å². The molecule has 1 N–H and O–H groups in total. The van der Waals surface area contributed by atoms with Crippen LogP contribution in [0, 0.1) is 11.2 Å². The summed E-state index contributed by atoms with van der Waals surface area (Å²) >= 11 is 0. The summed E-state index contributed by atoms with van der Waals surface area (Å²) in [6.07, 6.45) is 3.35. The van der Waals surface area contributed by atoms with Crippen molar-refractivity contribution in [2.24, 2.45) is 5.41 Å². The summed E-state index contributed by atoms with van der Waals surface area (Å²) in [5.74, 6) is -0.153. The van der Waals surface area contributed by atoms with E-state index in [1.165, 1.54) is 12.0 Å². The minimum absolute atomic E-state index is 0.153. The summed E-state index contributed by atoms with van der Waals surface area (Å²) in [7, 11) is 0. The van der Waals surface area contributed by atoms with Crippen molar-refractivity contribution in [2.45, 2.75) is 40.0 Å². The Hall–Kier alpha value is -0.890. The predicted octanol–water partition coefficient (Wildman–Crippen LogP) is 3.78. The van der Waals surface area contributed by atoms with Gasteiger partial charge in [-0.05, 0) is 55.5 Å². The first-order valence-corrected chi connectivity index (χ1v) is 6.49. The average Bonchev–Trinajstić information content (AvgIpc) is 2.29. The third-order valence-corrected chi connectivity index (χ3v) is 3.23. The van der Waals surface area contributed by atoms with Crippen molar-refractivity contribution in [1.82, 2.24) is 5.32 Å². The van der Waals surface area contributed by atoms with Gasteiger partial charge in [0.1, 0.15) is 5.82 Å². The van der Waals surface area contributed by atoms with Crippen LogP contribution in [0.25, 0.3) is 0 Å². The van der Waals surface area contributed by atoms with Crippen LogP contribution in [0.15, 0.2) is 24.3 Å². The van der Waals surface area contributed by atoms with Crippen LogP contribution in [-0.4, -0.2) is 13.1 Å². The molecule has 96 valence electrons. The average molecular weight is 237 g/mol. The maximum absolute atomic E-state index is 12.8. The first kappa shape index (κ1) is 14.2. The Balaban J connectivity index is 2.35. The molecule has 1 aromatic carbocycles. The standard InChI is InChI=1S/C15H24FN/c1-4-17-12-11-15(2,3)10-9-13-5-7-14(16)8-6-13/h5-8,17H,4,9-12H2,1-3H3. The van der Waals surface area contributed by atoms with Crippen LogP contribution in [0.2, 0.25) is 0 Å². The number of rotatable bonds is 7. The number of nitrogens with one attached hydrogen (secondary N) is 1. The molecular weight excluding hydrogens is 213 g/mol. The van der Waals surface area contributed by atoms with E-state index in [2.05, 4.69) is 26.1 Å². The van der Waals surface area contributed by atoms with Gasteiger partial charge in [0.2, 0.25) is 0 Å². The molecule has 1 aromatic rings. The lowest BCUT2D eigenvalue weighted by Crippen LogP contribution is -2.22. The van der Waals surface area contributed by atoms with Crippen LogP contribution in [0.3, 0.4) is 0 Å². The Morgan fingerprint density at radius 3 is 2.35 bits per heavy atom. The number of halogens is 1. The van der Waals surface area contributed by atoms with Gasteiger partial charge in [-0.1, -0.05) is 32.9 Å². The minimum Gasteiger partial charge on any atom is -0.317 e. The van der Waals surface area contributed by atoms with Crippen molar-refractivity contribution in [3.05, 3.63) is 35.6 Å². The minimum atomic E-state index is -0.153. The second-order valence-electron chi connectivity index (χ2n) is 5.39. The largest absolute Gasteiger partial charge is 0.317 e. The molecule has 0 heterocycles. The predicted molar refractivity (Wildman–Crippen MR) is 71.7 cm³/mol. The van der Waals surface area contributed by atoms with E-state index in [0.29, 0.717) is 5.41 Å². The zero-order chi connectivity index (χ0) is 12.7. The highest BCUT2D eigenvalue weighted by Crippen LogP contribution is 2.26. The summed E-state index contributed by atoms with van der Waals surface area (Å²) in [5, 5.41) is 3.36. The molecule has 2 heteroatoms. The van der Waals surface area contributed by atoms with Gasteiger partial charge in [-0.15, -0.1) is 0 Å². The van der Waals surface area contributed by atoms with Crippen molar-refractivity contribution in [2.75, 3.05) is 13.1 Å². The molecule has 0 unspecified atom stereocenters. The van der Waals surface area contributed by atoms with E-state index < -0.39 is 0 Å². The van der Waals surface area contributed by atoms with E-state index >= 15 is 0 Å². The Labute approximate surface area is 104 Å². The normalized spacial score (nSPS) is 11.8. The fourth-order valence-corrected chi connectivity index (χ4v) is 1.86. The molecule has 0 saturated heterocycles. The molecule has 0 bridgehead atoms. The van der Waals surface area contributed by atoms with Gasteiger partial charge in [0.25, 0.3) is 0 Å². The van der Waals surface area contributed by atoms with Gasteiger partial charge in [0.05, 0.1) is 0 Å². The highest BCUT2D eigenvalue weighted by Gasteiger charge is 2.16. The molecule has 0 spiro atoms. The van der Waals surface area contributed by atoms with E-state index in [1.807, 2.05) is 12.1 Å². The van der Waals surface area contributed by atoms with Gasteiger partial charge in [-0.25, -0.2) is 4.39 Å². The highest BCUT2D eigenvalue weighted by atomic mass is 19.1. The molecule has 0 radical (unpaired) electrons. The molecule has 0 saturated carbocycles. The SMILES string of the molecule is CCNCCC(C)(C)CCc1ccc(F)cc1. The van der Waals surface area contributed by atoms with E-state index in [0.717, 1.165) is 25.9 Å². The van der Waals surface area contributed by atoms with Gasteiger partial charge < -0.3 is 5.32 Å². The topological polar surface area (TPSA) is 12.0 Å². The van der Waals surface area contributed by atoms with Gasteiger partial charge in [0.15, 0.2) is 0 Å². The van der Waals surface area contributed by atoms with Crippen molar-refractivity contribution >= 4 is 0 Å². The third kappa shape index (κ3) is 5.83. The lowest BCUT2D eigenvalue weighted by Gasteiger charge is -2.24. The first-order valence-electron chi connectivity index (χ1n) is 6.49. The number of aryl methyl sites for hydroxylation is 1. The maximum Gasteiger partial charge on any atom is 0.123 e. The van der Waals surface area contributed by atoms with Crippen LogP contribution in [0.4, 0.5) is 4.39 Å². The summed E-state index contributed by atoms with van der Waals surface area (Å²) in [5.41, 5.74) is 1.57. The fourth-order valence-electron chi connectivity index (χ4n) is 1.86. The molecule has 0 aromatic heterocycles. The highest BCUT2D eigenvalue weighted by molar-refractivity contribution is 5.16. The van der Waals surface area contributed by atoms with Crippen molar-refractivity contribution in [3.8, 4) is 0 Å². The summed E-state index contributed by atoms with van der Waals surface area (Å²) in [6, 6.07) is 6.85. The molecule has 0 aliphatic carbocycles. The molecule has 0 aliphatic heterocycles. The Morgan fingerprint density at radius 2 is 1.76 bits per heavy atom. The Bertz CT molecular complexity index is 316. The summed E-state index contributed by atoms with van der Waals surface area (Å²) < 4.78 is 12.8. The number of hydrogen-bond donors (Lipinski definition) is 1. The molecular formula is C15H24FN. The Kier molecular flexibility index (Phi) is 5.63. The zero-order valence-corrected chi connectivity index (χ0v) is 11.2. The molecule has 17 heavy (non-hydrogen) atoms. The second kappa shape index (κ2) is 6.75. The van der Waals surface area contributed by atoms with Crippen LogP contribution < -0.4 is 5.32 Å². The summed E-state index contributed by atoms with van der Waals surface area (Å²) in [6.45, 7) is 8.84. The third-order valence-electron chi connectivity index (χ3n) is 3.23. The second-order valence-corrected chi connectivity index (χ2v) is 5.39. The maximum atomic E-state index is 12.8. The lowest BCUT2D eigenvalue weighted by atomic mass is 9.83.